The Morgan fingerprint density at radius 2 is 1.60 bits per heavy atom. The average Bonchev–Trinajstić information content (AvgIpc) is 2.63. The number of benzene rings is 1. The van der Waals surface area contributed by atoms with Gasteiger partial charge in [-0.3, -0.25) is 4.79 Å². The molecular formula is C18H25NO6. The highest BCUT2D eigenvalue weighted by Crippen LogP contribution is 2.12. The molecule has 1 heterocycles. The van der Waals surface area contributed by atoms with Crippen LogP contribution in [0.4, 0.5) is 0 Å². The van der Waals surface area contributed by atoms with E-state index in [2.05, 4.69) is 4.90 Å². The third-order valence-corrected chi connectivity index (χ3v) is 3.79. The van der Waals surface area contributed by atoms with Gasteiger partial charge in [-0.25, -0.2) is 9.59 Å². The molecule has 0 unspecified atom stereocenters. The van der Waals surface area contributed by atoms with E-state index in [-0.39, 0.29) is 0 Å². The predicted molar refractivity (Wildman–Crippen MR) is 92.1 cm³/mol. The fourth-order valence-electron chi connectivity index (χ4n) is 2.45. The standard InChI is InChI=1S/C16H23NO2.C2H2O4/c18-14-15-6-8-16(9-7-15)19-13-5-4-12-17-10-2-1-3-11-17;3-1(4)2(5)6/h6-9,14H,1-5,10-13H2;(H,3,4)(H,5,6). The minimum atomic E-state index is -1.82. The number of aliphatic carboxylic acids is 2. The Morgan fingerprint density at radius 3 is 2.12 bits per heavy atom. The van der Waals surface area contributed by atoms with Gasteiger partial charge in [0, 0.05) is 5.56 Å². The second kappa shape index (κ2) is 12.0. The summed E-state index contributed by atoms with van der Waals surface area (Å²) >= 11 is 0. The lowest BCUT2D eigenvalue weighted by Gasteiger charge is -2.26. The van der Waals surface area contributed by atoms with Crippen LogP contribution in [0.15, 0.2) is 24.3 Å². The highest BCUT2D eigenvalue weighted by atomic mass is 16.5. The molecule has 7 nitrogen and oxygen atoms in total. The Morgan fingerprint density at radius 1 is 1.00 bits per heavy atom. The zero-order chi connectivity index (χ0) is 18.5. The first-order chi connectivity index (χ1) is 12.0. The quantitative estimate of drug-likeness (QED) is 0.441. The molecule has 0 aliphatic carbocycles. The Labute approximate surface area is 147 Å². The number of carbonyl (C=O) groups excluding carboxylic acids is 1. The van der Waals surface area contributed by atoms with Gasteiger partial charge in [-0.2, -0.15) is 0 Å². The van der Waals surface area contributed by atoms with Crippen molar-refractivity contribution in [2.24, 2.45) is 0 Å². The van der Waals surface area contributed by atoms with Crippen LogP contribution in [0.2, 0.25) is 0 Å². The maximum Gasteiger partial charge on any atom is 0.414 e. The lowest BCUT2D eigenvalue weighted by molar-refractivity contribution is -0.159. The molecular weight excluding hydrogens is 326 g/mol. The van der Waals surface area contributed by atoms with Crippen LogP contribution in [-0.4, -0.2) is 59.6 Å². The molecule has 1 saturated heterocycles. The second-order valence-corrected chi connectivity index (χ2v) is 5.76. The van der Waals surface area contributed by atoms with E-state index in [1.807, 2.05) is 12.1 Å². The SMILES string of the molecule is O=C(O)C(=O)O.O=Cc1ccc(OCCCCN2CCCCC2)cc1. The van der Waals surface area contributed by atoms with E-state index in [1.54, 1.807) is 12.1 Å². The third kappa shape index (κ3) is 9.46. The molecule has 1 aliphatic heterocycles. The van der Waals surface area contributed by atoms with E-state index in [0.717, 1.165) is 25.1 Å². The van der Waals surface area contributed by atoms with Crippen molar-refractivity contribution in [2.75, 3.05) is 26.2 Å². The minimum Gasteiger partial charge on any atom is -0.494 e. The Balaban J connectivity index is 0.000000450. The summed E-state index contributed by atoms with van der Waals surface area (Å²) in [4.78, 5) is 31.3. The molecule has 0 saturated carbocycles. The van der Waals surface area contributed by atoms with Crippen LogP contribution in [0.5, 0.6) is 5.75 Å². The van der Waals surface area contributed by atoms with E-state index >= 15 is 0 Å². The molecule has 7 heteroatoms. The summed E-state index contributed by atoms with van der Waals surface area (Å²) in [6.07, 6.45) is 7.26. The van der Waals surface area contributed by atoms with E-state index in [9.17, 15) is 4.79 Å². The Hall–Kier alpha value is -2.41. The maximum absolute atomic E-state index is 10.5. The van der Waals surface area contributed by atoms with Gasteiger partial charge in [0.1, 0.15) is 12.0 Å². The Bertz CT molecular complexity index is 525. The van der Waals surface area contributed by atoms with Gasteiger partial charge in [0.05, 0.1) is 6.61 Å². The summed E-state index contributed by atoms with van der Waals surface area (Å²) in [5.41, 5.74) is 0.692. The zero-order valence-corrected chi connectivity index (χ0v) is 14.2. The third-order valence-electron chi connectivity index (χ3n) is 3.79. The number of rotatable bonds is 7. The fraction of sp³-hybridized carbons (Fsp3) is 0.500. The number of carboxylic acid groups (broad SMARTS) is 2. The normalized spacial score (nSPS) is 14.1. The Kier molecular flexibility index (Phi) is 9.92. The largest absolute Gasteiger partial charge is 0.494 e. The lowest BCUT2D eigenvalue weighted by Crippen LogP contribution is -2.30. The van der Waals surface area contributed by atoms with Gasteiger partial charge in [-0.05, 0) is 69.6 Å². The number of unbranched alkanes of at least 4 members (excludes halogenated alkanes) is 1. The molecule has 2 N–H and O–H groups in total. The van der Waals surface area contributed by atoms with Crippen molar-refractivity contribution in [3.8, 4) is 5.75 Å². The number of piperidine rings is 1. The number of carboxylic acids is 2. The minimum absolute atomic E-state index is 0.692. The molecule has 1 aromatic carbocycles. The van der Waals surface area contributed by atoms with E-state index < -0.39 is 11.9 Å². The first-order valence-electron chi connectivity index (χ1n) is 8.39. The summed E-state index contributed by atoms with van der Waals surface area (Å²) in [5, 5.41) is 14.8. The second-order valence-electron chi connectivity index (χ2n) is 5.76. The van der Waals surface area contributed by atoms with Crippen LogP contribution in [0.3, 0.4) is 0 Å². The summed E-state index contributed by atoms with van der Waals surface area (Å²) in [5.74, 6) is -2.80. The molecule has 2 rings (SSSR count). The van der Waals surface area contributed by atoms with Crippen LogP contribution in [-0.2, 0) is 9.59 Å². The van der Waals surface area contributed by atoms with Crippen LogP contribution in [0, 0.1) is 0 Å². The zero-order valence-electron chi connectivity index (χ0n) is 14.2. The molecule has 138 valence electrons. The van der Waals surface area contributed by atoms with Crippen molar-refractivity contribution >= 4 is 18.2 Å². The highest BCUT2D eigenvalue weighted by Gasteiger charge is 2.08. The van der Waals surface area contributed by atoms with Gasteiger partial charge in [0.25, 0.3) is 0 Å². The van der Waals surface area contributed by atoms with Gasteiger partial charge in [0.15, 0.2) is 0 Å². The number of hydrogen-bond acceptors (Lipinski definition) is 5. The smallest absolute Gasteiger partial charge is 0.414 e. The van der Waals surface area contributed by atoms with E-state index in [0.29, 0.717) is 5.56 Å². The van der Waals surface area contributed by atoms with Crippen molar-refractivity contribution < 1.29 is 29.3 Å². The van der Waals surface area contributed by atoms with Gasteiger partial charge < -0.3 is 19.8 Å². The molecule has 0 spiro atoms. The summed E-state index contributed by atoms with van der Waals surface area (Å²) < 4.78 is 5.66. The number of nitrogens with zero attached hydrogens (tertiary/aromatic N) is 1. The van der Waals surface area contributed by atoms with Gasteiger partial charge >= 0.3 is 11.9 Å². The fourth-order valence-corrected chi connectivity index (χ4v) is 2.45. The van der Waals surface area contributed by atoms with Crippen molar-refractivity contribution in [3.63, 3.8) is 0 Å². The van der Waals surface area contributed by atoms with Crippen molar-refractivity contribution in [3.05, 3.63) is 29.8 Å². The molecule has 0 aromatic heterocycles. The molecule has 25 heavy (non-hydrogen) atoms. The summed E-state index contributed by atoms with van der Waals surface area (Å²) in [6, 6.07) is 7.29. The number of hydrogen-bond donors (Lipinski definition) is 2. The predicted octanol–water partition coefficient (Wildman–Crippen LogP) is 2.30. The molecule has 0 atom stereocenters. The number of likely N-dealkylation sites (tertiary alicyclic amines) is 1. The molecule has 0 bridgehead atoms. The van der Waals surface area contributed by atoms with Crippen molar-refractivity contribution in [1.29, 1.82) is 0 Å². The number of carbonyl (C=O) groups is 3. The average molecular weight is 351 g/mol. The first-order valence-corrected chi connectivity index (χ1v) is 8.39. The molecule has 1 aromatic rings. The highest BCUT2D eigenvalue weighted by molar-refractivity contribution is 6.27. The van der Waals surface area contributed by atoms with Crippen LogP contribution < -0.4 is 4.74 Å². The van der Waals surface area contributed by atoms with Crippen LogP contribution in [0.25, 0.3) is 0 Å². The van der Waals surface area contributed by atoms with Crippen molar-refractivity contribution in [1.82, 2.24) is 4.90 Å². The van der Waals surface area contributed by atoms with Crippen LogP contribution >= 0.6 is 0 Å². The number of ether oxygens (including phenoxy) is 1. The molecule has 1 fully saturated rings. The molecule has 0 radical (unpaired) electrons. The van der Waals surface area contributed by atoms with Gasteiger partial charge in [-0.1, -0.05) is 6.42 Å². The maximum atomic E-state index is 10.5. The first kappa shape index (κ1) is 20.6. The van der Waals surface area contributed by atoms with Gasteiger partial charge in [0.2, 0.25) is 0 Å². The van der Waals surface area contributed by atoms with Crippen LogP contribution in [0.1, 0.15) is 42.5 Å². The number of aldehydes is 1. The van der Waals surface area contributed by atoms with Crippen molar-refractivity contribution in [2.45, 2.75) is 32.1 Å². The monoisotopic (exact) mass is 351 g/mol. The topological polar surface area (TPSA) is 104 Å². The van der Waals surface area contributed by atoms with E-state index in [1.165, 1.54) is 45.3 Å². The molecule has 0 amide bonds. The van der Waals surface area contributed by atoms with Gasteiger partial charge in [-0.15, -0.1) is 0 Å². The summed E-state index contributed by atoms with van der Waals surface area (Å²) in [7, 11) is 0. The molecule has 1 aliphatic rings. The van der Waals surface area contributed by atoms with E-state index in [4.69, 9.17) is 24.5 Å². The lowest BCUT2D eigenvalue weighted by atomic mass is 10.1. The summed E-state index contributed by atoms with van der Waals surface area (Å²) in [6.45, 7) is 4.50.